The first-order valence-corrected chi connectivity index (χ1v) is 11.1. The maximum Gasteiger partial charge on any atom is 0.162 e. The molecule has 0 bridgehead atoms. The molecule has 5 aromatic rings. The lowest BCUT2D eigenvalue weighted by atomic mass is 10.0. The molecule has 1 aliphatic heterocycles. The van der Waals surface area contributed by atoms with Gasteiger partial charge in [-0.3, -0.25) is 0 Å². The van der Waals surface area contributed by atoms with Crippen molar-refractivity contribution < 1.29 is 4.74 Å². The third-order valence-corrected chi connectivity index (χ3v) is 6.26. The van der Waals surface area contributed by atoms with E-state index in [1.165, 1.54) is 11.1 Å². The summed E-state index contributed by atoms with van der Waals surface area (Å²) in [4.78, 5) is 15.8. The number of H-pyrrole nitrogens is 1. The molecule has 0 amide bonds. The van der Waals surface area contributed by atoms with Gasteiger partial charge in [-0.2, -0.15) is 0 Å². The highest BCUT2D eigenvalue weighted by Gasteiger charge is 2.24. The molecule has 158 valence electrons. The van der Waals surface area contributed by atoms with Crippen LogP contribution in [0.3, 0.4) is 0 Å². The standard InChI is InChI=1S/C27H24N4O/c1-18-17-32-15-14-31(18)27-23-16-20(19-6-3-2-4-7-19)10-11-25(23)29-26(30-27)22-8-5-9-24-21(22)12-13-28-24/h2-13,16,18,28H,14-15,17H2,1H3/t18-/m1/s1. The highest BCUT2D eigenvalue weighted by atomic mass is 16.5. The zero-order chi connectivity index (χ0) is 21.5. The van der Waals surface area contributed by atoms with Gasteiger partial charge in [0.05, 0.1) is 24.8 Å². The van der Waals surface area contributed by atoms with E-state index in [9.17, 15) is 0 Å². The Hall–Kier alpha value is -3.70. The summed E-state index contributed by atoms with van der Waals surface area (Å²) < 4.78 is 5.71. The van der Waals surface area contributed by atoms with Gasteiger partial charge in [0.15, 0.2) is 5.82 Å². The van der Waals surface area contributed by atoms with Crippen molar-refractivity contribution >= 4 is 27.6 Å². The van der Waals surface area contributed by atoms with Crippen molar-refractivity contribution in [1.29, 1.82) is 0 Å². The van der Waals surface area contributed by atoms with Crippen molar-refractivity contribution in [3.63, 3.8) is 0 Å². The van der Waals surface area contributed by atoms with Crippen LogP contribution in [0.5, 0.6) is 0 Å². The second-order valence-corrected chi connectivity index (χ2v) is 8.33. The quantitative estimate of drug-likeness (QED) is 0.409. The van der Waals surface area contributed by atoms with Crippen LogP contribution < -0.4 is 4.90 Å². The molecule has 32 heavy (non-hydrogen) atoms. The molecule has 0 unspecified atom stereocenters. The van der Waals surface area contributed by atoms with Crippen molar-refractivity contribution in [2.45, 2.75) is 13.0 Å². The topological polar surface area (TPSA) is 54.0 Å². The smallest absolute Gasteiger partial charge is 0.162 e. The number of hydrogen-bond donors (Lipinski definition) is 1. The second kappa shape index (κ2) is 7.77. The van der Waals surface area contributed by atoms with E-state index >= 15 is 0 Å². The molecule has 1 aliphatic rings. The lowest BCUT2D eigenvalue weighted by Gasteiger charge is -2.35. The van der Waals surface area contributed by atoms with Gasteiger partial charge in [-0.1, -0.05) is 48.5 Å². The Kier molecular flexibility index (Phi) is 4.62. The molecule has 6 rings (SSSR count). The SMILES string of the molecule is C[C@@H]1COCCN1c1nc(-c2cccc3[nH]ccc23)nc2ccc(-c3ccccc3)cc12. The van der Waals surface area contributed by atoms with Crippen molar-refractivity contribution in [2.24, 2.45) is 0 Å². The minimum Gasteiger partial charge on any atom is -0.377 e. The van der Waals surface area contributed by atoms with Gasteiger partial charge >= 0.3 is 0 Å². The highest BCUT2D eigenvalue weighted by molar-refractivity contribution is 5.98. The van der Waals surface area contributed by atoms with E-state index in [4.69, 9.17) is 14.7 Å². The zero-order valence-electron chi connectivity index (χ0n) is 18.0. The minimum absolute atomic E-state index is 0.248. The van der Waals surface area contributed by atoms with E-state index in [0.29, 0.717) is 13.2 Å². The van der Waals surface area contributed by atoms with E-state index in [2.05, 4.69) is 83.5 Å². The lowest BCUT2D eigenvalue weighted by molar-refractivity contribution is 0.0987. The fourth-order valence-electron chi connectivity index (χ4n) is 4.58. The summed E-state index contributed by atoms with van der Waals surface area (Å²) >= 11 is 0. The van der Waals surface area contributed by atoms with Gasteiger partial charge in [-0.05, 0) is 42.3 Å². The fraction of sp³-hybridized carbons (Fsp3) is 0.185. The molecule has 1 saturated heterocycles. The maximum absolute atomic E-state index is 5.71. The first kappa shape index (κ1) is 19.0. The van der Waals surface area contributed by atoms with Crippen LogP contribution in [-0.2, 0) is 4.74 Å². The van der Waals surface area contributed by atoms with Crippen LogP contribution in [0, 0.1) is 0 Å². The van der Waals surface area contributed by atoms with Crippen molar-refractivity contribution in [3.8, 4) is 22.5 Å². The maximum atomic E-state index is 5.71. The highest BCUT2D eigenvalue weighted by Crippen LogP contribution is 2.34. The van der Waals surface area contributed by atoms with Crippen molar-refractivity contribution in [2.75, 3.05) is 24.7 Å². The number of hydrogen-bond acceptors (Lipinski definition) is 4. The molecule has 2 aromatic heterocycles. The number of nitrogens with zero attached hydrogens (tertiary/aromatic N) is 3. The predicted octanol–water partition coefficient (Wildman–Crippen LogP) is 5.67. The van der Waals surface area contributed by atoms with Gasteiger partial charge in [-0.25, -0.2) is 9.97 Å². The number of anilines is 1. The third kappa shape index (κ3) is 3.22. The normalized spacial score (nSPS) is 16.7. The van der Waals surface area contributed by atoms with E-state index in [-0.39, 0.29) is 6.04 Å². The minimum atomic E-state index is 0.248. The number of nitrogens with one attached hydrogen (secondary N) is 1. The van der Waals surface area contributed by atoms with Gasteiger partial charge in [-0.15, -0.1) is 0 Å². The van der Waals surface area contributed by atoms with E-state index in [1.807, 2.05) is 12.3 Å². The average molecular weight is 421 g/mol. The number of rotatable bonds is 3. The van der Waals surface area contributed by atoms with E-state index in [0.717, 1.165) is 45.6 Å². The molecule has 1 fully saturated rings. The van der Waals surface area contributed by atoms with Crippen LogP contribution in [0.15, 0.2) is 79.0 Å². The van der Waals surface area contributed by atoms with Crippen LogP contribution in [0.4, 0.5) is 5.82 Å². The van der Waals surface area contributed by atoms with E-state index < -0.39 is 0 Å². The molecule has 0 radical (unpaired) electrons. The van der Waals surface area contributed by atoms with Crippen LogP contribution in [0.2, 0.25) is 0 Å². The lowest BCUT2D eigenvalue weighted by Crippen LogP contribution is -2.44. The summed E-state index contributed by atoms with van der Waals surface area (Å²) in [6.45, 7) is 4.42. The number of aromatic nitrogens is 3. The summed E-state index contributed by atoms with van der Waals surface area (Å²) in [5.41, 5.74) is 5.45. The summed E-state index contributed by atoms with van der Waals surface area (Å²) in [6, 6.07) is 25.5. The molecule has 5 heteroatoms. The summed E-state index contributed by atoms with van der Waals surface area (Å²) in [5.74, 6) is 1.73. The summed E-state index contributed by atoms with van der Waals surface area (Å²) in [6.07, 6.45) is 1.96. The Morgan fingerprint density at radius 2 is 1.81 bits per heavy atom. The van der Waals surface area contributed by atoms with Gasteiger partial charge in [0, 0.05) is 34.6 Å². The third-order valence-electron chi connectivity index (χ3n) is 6.26. The van der Waals surface area contributed by atoms with Crippen LogP contribution in [0.25, 0.3) is 44.3 Å². The van der Waals surface area contributed by atoms with Gasteiger partial charge < -0.3 is 14.6 Å². The number of fused-ring (bicyclic) bond motifs is 2. The molecular weight excluding hydrogens is 396 g/mol. The van der Waals surface area contributed by atoms with Crippen molar-refractivity contribution in [3.05, 3.63) is 79.0 Å². The Balaban J connectivity index is 1.59. The van der Waals surface area contributed by atoms with Crippen LogP contribution >= 0.6 is 0 Å². The molecule has 1 atom stereocenters. The number of ether oxygens (including phenoxy) is 1. The molecule has 0 saturated carbocycles. The molecule has 3 aromatic carbocycles. The van der Waals surface area contributed by atoms with Gasteiger partial charge in [0.2, 0.25) is 0 Å². The Morgan fingerprint density at radius 3 is 2.69 bits per heavy atom. The van der Waals surface area contributed by atoms with Crippen molar-refractivity contribution in [1.82, 2.24) is 15.0 Å². The Bertz CT molecular complexity index is 1410. The molecule has 3 heterocycles. The van der Waals surface area contributed by atoms with Crippen LogP contribution in [-0.4, -0.2) is 40.8 Å². The molecule has 5 nitrogen and oxygen atoms in total. The first-order chi connectivity index (χ1) is 15.8. The molecule has 0 aliphatic carbocycles. The van der Waals surface area contributed by atoms with E-state index in [1.54, 1.807) is 0 Å². The van der Waals surface area contributed by atoms with Gasteiger partial charge in [0.25, 0.3) is 0 Å². The predicted molar refractivity (Wildman–Crippen MR) is 130 cm³/mol. The van der Waals surface area contributed by atoms with Gasteiger partial charge in [0.1, 0.15) is 5.82 Å². The first-order valence-electron chi connectivity index (χ1n) is 11.1. The molecular formula is C27H24N4O. The zero-order valence-corrected chi connectivity index (χ0v) is 18.0. The molecule has 0 spiro atoms. The summed E-state index contributed by atoms with van der Waals surface area (Å²) in [7, 11) is 0. The second-order valence-electron chi connectivity index (χ2n) is 8.33. The van der Waals surface area contributed by atoms with Crippen LogP contribution in [0.1, 0.15) is 6.92 Å². The number of morpholine rings is 1. The summed E-state index contributed by atoms with van der Waals surface area (Å²) in [5, 5.41) is 2.21. The fourth-order valence-corrected chi connectivity index (χ4v) is 4.58. The Morgan fingerprint density at radius 1 is 0.906 bits per heavy atom. The molecule has 1 N–H and O–H groups in total. The number of benzene rings is 3. The average Bonchev–Trinajstić information content (AvgIpc) is 3.33. The monoisotopic (exact) mass is 420 g/mol. The number of aromatic amines is 1. The largest absolute Gasteiger partial charge is 0.377 e. The Labute approximate surface area is 186 Å².